The molecule has 2 N–H and O–H groups in total. The Morgan fingerprint density at radius 2 is 2.24 bits per heavy atom. The molecule has 2 aliphatic rings. The van der Waals surface area contributed by atoms with Crippen LogP contribution in [0, 0.1) is 11.8 Å². The Hall–Kier alpha value is -1.95. The van der Waals surface area contributed by atoms with Crippen LogP contribution in [-0.2, 0) is 4.79 Å². The number of carbonyl (C=O) groups is 1. The van der Waals surface area contributed by atoms with E-state index in [2.05, 4.69) is 5.32 Å². The Morgan fingerprint density at radius 1 is 1.48 bits per heavy atom. The Bertz CT molecular complexity index is 533. The SMILES string of the molecule is C[C@@H]1C[C@H]1C(=O)NC[C@H](O)COc1ccc2c(c1)OCO2. The minimum Gasteiger partial charge on any atom is -0.491 e. The van der Waals surface area contributed by atoms with Crippen LogP contribution in [-0.4, -0.2) is 37.1 Å². The van der Waals surface area contributed by atoms with Gasteiger partial charge in [-0.15, -0.1) is 0 Å². The molecular weight excluding hydrogens is 274 g/mol. The van der Waals surface area contributed by atoms with E-state index in [1.807, 2.05) is 6.92 Å². The number of aliphatic hydroxyl groups excluding tert-OH is 1. The van der Waals surface area contributed by atoms with Gasteiger partial charge in [0.05, 0.1) is 0 Å². The largest absolute Gasteiger partial charge is 0.491 e. The van der Waals surface area contributed by atoms with Gasteiger partial charge in [0.25, 0.3) is 0 Å². The fourth-order valence-corrected chi connectivity index (χ4v) is 2.25. The predicted octanol–water partition coefficient (Wildman–Crippen LogP) is 0.927. The maximum absolute atomic E-state index is 11.6. The predicted molar refractivity (Wildman–Crippen MR) is 74.3 cm³/mol. The van der Waals surface area contributed by atoms with Crippen molar-refractivity contribution in [1.29, 1.82) is 0 Å². The van der Waals surface area contributed by atoms with Crippen molar-refractivity contribution < 1.29 is 24.1 Å². The highest BCUT2D eigenvalue weighted by Crippen LogP contribution is 2.37. The fraction of sp³-hybridized carbons (Fsp3) is 0.533. The van der Waals surface area contributed by atoms with E-state index < -0.39 is 6.10 Å². The number of rotatable bonds is 6. The highest BCUT2D eigenvalue weighted by molar-refractivity contribution is 5.81. The normalized spacial score (nSPS) is 23.5. The van der Waals surface area contributed by atoms with Crippen LogP contribution in [0.4, 0.5) is 0 Å². The molecule has 0 bridgehead atoms. The number of hydrogen-bond donors (Lipinski definition) is 2. The molecule has 3 rings (SSSR count). The Morgan fingerprint density at radius 3 is 3.00 bits per heavy atom. The lowest BCUT2D eigenvalue weighted by atomic mass is 10.3. The van der Waals surface area contributed by atoms with Crippen LogP contribution in [0.15, 0.2) is 18.2 Å². The molecule has 0 radical (unpaired) electrons. The molecule has 0 saturated heterocycles. The highest BCUT2D eigenvalue weighted by atomic mass is 16.7. The number of benzene rings is 1. The third-order valence-corrected chi connectivity index (χ3v) is 3.74. The summed E-state index contributed by atoms with van der Waals surface area (Å²) in [7, 11) is 0. The van der Waals surface area contributed by atoms with Gasteiger partial charge in [-0.25, -0.2) is 0 Å². The van der Waals surface area contributed by atoms with Crippen LogP contribution in [0.25, 0.3) is 0 Å². The van der Waals surface area contributed by atoms with E-state index in [1.54, 1.807) is 18.2 Å². The third-order valence-electron chi connectivity index (χ3n) is 3.74. The lowest BCUT2D eigenvalue weighted by molar-refractivity contribution is -0.123. The second-order valence-electron chi connectivity index (χ2n) is 5.54. The van der Waals surface area contributed by atoms with Crippen LogP contribution in [0.5, 0.6) is 17.2 Å². The molecule has 1 saturated carbocycles. The summed E-state index contributed by atoms with van der Waals surface area (Å²) in [6.45, 7) is 2.57. The summed E-state index contributed by atoms with van der Waals surface area (Å²) in [5.74, 6) is 2.52. The van der Waals surface area contributed by atoms with Gasteiger partial charge in [-0.3, -0.25) is 4.79 Å². The molecule has 0 unspecified atom stereocenters. The second kappa shape index (κ2) is 5.81. The van der Waals surface area contributed by atoms with Gasteiger partial charge in [0.1, 0.15) is 18.5 Å². The third kappa shape index (κ3) is 3.39. The van der Waals surface area contributed by atoms with Crippen molar-refractivity contribution >= 4 is 5.91 Å². The lowest BCUT2D eigenvalue weighted by Gasteiger charge is -2.13. The van der Waals surface area contributed by atoms with Crippen molar-refractivity contribution in [2.75, 3.05) is 19.9 Å². The summed E-state index contributed by atoms with van der Waals surface area (Å²) in [5.41, 5.74) is 0. The average Bonchev–Trinajstić information content (AvgIpc) is 3.03. The molecule has 0 spiro atoms. The summed E-state index contributed by atoms with van der Waals surface area (Å²) in [4.78, 5) is 11.6. The fourth-order valence-electron chi connectivity index (χ4n) is 2.25. The van der Waals surface area contributed by atoms with Gasteiger partial charge in [0.15, 0.2) is 11.5 Å². The van der Waals surface area contributed by atoms with E-state index in [-0.39, 0.29) is 31.8 Å². The number of aliphatic hydroxyl groups is 1. The summed E-state index contributed by atoms with van der Waals surface area (Å²) in [6.07, 6.45) is 0.198. The summed E-state index contributed by atoms with van der Waals surface area (Å²) in [6, 6.07) is 5.24. The van der Waals surface area contributed by atoms with E-state index in [4.69, 9.17) is 14.2 Å². The first-order chi connectivity index (χ1) is 10.1. The minimum atomic E-state index is -0.742. The lowest BCUT2D eigenvalue weighted by Crippen LogP contribution is -2.36. The van der Waals surface area contributed by atoms with Crippen molar-refractivity contribution in [2.24, 2.45) is 11.8 Å². The van der Waals surface area contributed by atoms with E-state index in [1.165, 1.54) is 0 Å². The Kier molecular flexibility index (Phi) is 3.88. The number of ether oxygens (including phenoxy) is 3. The van der Waals surface area contributed by atoms with Crippen LogP contribution in [0.3, 0.4) is 0 Å². The van der Waals surface area contributed by atoms with Crippen molar-refractivity contribution in [3.8, 4) is 17.2 Å². The van der Waals surface area contributed by atoms with Crippen molar-refractivity contribution in [3.63, 3.8) is 0 Å². The van der Waals surface area contributed by atoms with Crippen LogP contribution >= 0.6 is 0 Å². The number of carbonyl (C=O) groups excluding carboxylic acids is 1. The first kappa shape index (κ1) is 14.0. The van der Waals surface area contributed by atoms with Crippen molar-refractivity contribution in [3.05, 3.63) is 18.2 Å². The quantitative estimate of drug-likeness (QED) is 0.816. The van der Waals surface area contributed by atoms with Crippen LogP contribution in [0.2, 0.25) is 0 Å². The van der Waals surface area contributed by atoms with Gasteiger partial charge in [0.2, 0.25) is 12.7 Å². The van der Waals surface area contributed by atoms with E-state index >= 15 is 0 Å². The Balaban J connectivity index is 1.41. The summed E-state index contributed by atoms with van der Waals surface area (Å²) >= 11 is 0. The number of hydrogen-bond acceptors (Lipinski definition) is 5. The molecule has 3 atom stereocenters. The molecule has 6 heteroatoms. The van der Waals surface area contributed by atoms with Crippen molar-refractivity contribution in [2.45, 2.75) is 19.4 Å². The van der Waals surface area contributed by atoms with Crippen LogP contribution in [0.1, 0.15) is 13.3 Å². The zero-order chi connectivity index (χ0) is 14.8. The molecule has 1 fully saturated rings. The molecule has 1 amide bonds. The maximum atomic E-state index is 11.6. The molecule has 114 valence electrons. The van der Waals surface area contributed by atoms with Gasteiger partial charge >= 0.3 is 0 Å². The molecule has 1 aliphatic carbocycles. The highest BCUT2D eigenvalue weighted by Gasteiger charge is 2.38. The molecule has 1 aliphatic heterocycles. The standard InChI is InChI=1S/C15H19NO5/c1-9-4-12(9)15(18)16-6-10(17)7-19-11-2-3-13-14(5-11)21-8-20-13/h2-3,5,9-10,12,17H,4,6-8H2,1H3,(H,16,18)/t9-,10+,12-/m1/s1. The van der Waals surface area contributed by atoms with E-state index in [9.17, 15) is 9.90 Å². The maximum Gasteiger partial charge on any atom is 0.231 e. The topological polar surface area (TPSA) is 77.0 Å². The van der Waals surface area contributed by atoms with E-state index in [0.717, 1.165) is 6.42 Å². The van der Waals surface area contributed by atoms with Crippen molar-refractivity contribution in [1.82, 2.24) is 5.32 Å². The number of fused-ring (bicyclic) bond motifs is 1. The molecule has 1 heterocycles. The molecule has 21 heavy (non-hydrogen) atoms. The zero-order valence-electron chi connectivity index (χ0n) is 11.9. The van der Waals surface area contributed by atoms with Gasteiger partial charge in [0, 0.05) is 18.5 Å². The van der Waals surface area contributed by atoms with Gasteiger partial charge in [-0.1, -0.05) is 6.92 Å². The first-order valence-corrected chi connectivity index (χ1v) is 7.11. The van der Waals surface area contributed by atoms with Crippen LogP contribution < -0.4 is 19.5 Å². The minimum absolute atomic E-state index is 0.0182. The zero-order valence-corrected chi connectivity index (χ0v) is 11.9. The second-order valence-corrected chi connectivity index (χ2v) is 5.54. The monoisotopic (exact) mass is 293 g/mol. The molecular formula is C15H19NO5. The van der Waals surface area contributed by atoms with Gasteiger partial charge in [-0.05, 0) is 24.5 Å². The molecule has 0 aromatic heterocycles. The Labute approximate surface area is 123 Å². The molecule has 6 nitrogen and oxygen atoms in total. The summed E-state index contributed by atoms with van der Waals surface area (Å²) < 4.78 is 15.9. The van der Waals surface area contributed by atoms with E-state index in [0.29, 0.717) is 23.2 Å². The van der Waals surface area contributed by atoms with Gasteiger partial charge < -0.3 is 24.6 Å². The number of amides is 1. The summed E-state index contributed by atoms with van der Waals surface area (Å²) in [5, 5.41) is 12.6. The number of nitrogens with one attached hydrogen (secondary N) is 1. The first-order valence-electron chi connectivity index (χ1n) is 7.11. The van der Waals surface area contributed by atoms with Gasteiger partial charge in [-0.2, -0.15) is 0 Å². The average molecular weight is 293 g/mol. The smallest absolute Gasteiger partial charge is 0.231 e. The molecule has 1 aromatic rings. The molecule has 1 aromatic carbocycles.